The van der Waals surface area contributed by atoms with Gasteiger partial charge in [-0.1, -0.05) is 29.3 Å². The summed E-state index contributed by atoms with van der Waals surface area (Å²) in [7, 11) is 0. The zero-order chi connectivity index (χ0) is 12.3. The van der Waals surface area contributed by atoms with Crippen molar-refractivity contribution in [2.24, 2.45) is 0 Å². The van der Waals surface area contributed by atoms with Crippen molar-refractivity contribution in [2.75, 3.05) is 0 Å². The van der Waals surface area contributed by atoms with Crippen LogP contribution in [0.2, 0.25) is 10.0 Å². The van der Waals surface area contributed by atoms with Crippen molar-refractivity contribution in [1.29, 1.82) is 0 Å². The molecule has 17 heavy (non-hydrogen) atoms. The van der Waals surface area contributed by atoms with Crippen LogP contribution in [-0.2, 0) is 0 Å². The van der Waals surface area contributed by atoms with Crippen LogP contribution < -0.4 is 0 Å². The van der Waals surface area contributed by atoms with E-state index < -0.39 is 0 Å². The van der Waals surface area contributed by atoms with Gasteiger partial charge >= 0.3 is 0 Å². The summed E-state index contributed by atoms with van der Waals surface area (Å²) in [5.41, 5.74) is 2.44. The molecule has 1 heterocycles. The van der Waals surface area contributed by atoms with E-state index in [0.29, 0.717) is 10.0 Å². The fourth-order valence-electron chi connectivity index (χ4n) is 1.40. The topological polar surface area (TPSA) is 25.8 Å². The van der Waals surface area contributed by atoms with Crippen molar-refractivity contribution in [2.45, 2.75) is 6.92 Å². The molecule has 0 spiro atoms. The molecule has 0 aliphatic heterocycles. The van der Waals surface area contributed by atoms with Gasteiger partial charge in [-0.25, -0.2) is 0 Å². The second-order valence-corrected chi connectivity index (χ2v) is 4.37. The molecule has 2 nitrogen and oxygen atoms in total. The van der Waals surface area contributed by atoms with Gasteiger partial charge in [0.25, 0.3) is 0 Å². The third kappa shape index (κ3) is 3.05. The van der Waals surface area contributed by atoms with Crippen LogP contribution in [0.25, 0.3) is 12.2 Å². The van der Waals surface area contributed by atoms with E-state index in [2.05, 4.69) is 9.97 Å². The minimum atomic E-state index is 0.620. The highest BCUT2D eigenvalue weighted by atomic mass is 35.5. The predicted octanol–water partition coefficient (Wildman–Crippen LogP) is 4.26. The van der Waals surface area contributed by atoms with Gasteiger partial charge in [0.05, 0.1) is 17.6 Å². The second kappa shape index (κ2) is 5.30. The average Bonchev–Trinajstić information content (AvgIpc) is 2.28. The molecule has 0 unspecified atom stereocenters. The molecule has 0 atom stereocenters. The van der Waals surface area contributed by atoms with Gasteiger partial charge in [-0.05, 0) is 31.2 Å². The number of hydrogen-bond acceptors (Lipinski definition) is 2. The molecule has 2 aromatic rings. The van der Waals surface area contributed by atoms with Crippen molar-refractivity contribution in [3.63, 3.8) is 0 Å². The number of nitrogens with zero attached hydrogens (tertiary/aromatic N) is 2. The lowest BCUT2D eigenvalue weighted by molar-refractivity contribution is 1.10. The lowest BCUT2D eigenvalue weighted by Gasteiger charge is -2.00. The summed E-state index contributed by atoms with van der Waals surface area (Å²) in [4.78, 5) is 8.37. The fourth-order valence-corrected chi connectivity index (χ4v) is 1.93. The maximum absolute atomic E-state index is 6.06. The molecule has 0 saturated carbocycles. The highest BCUT2D eigenvalue weighted by Gasteiger charge is 2.01. The third-order valence-electron chi connectivity index (χ3n) is 2.19. The number of aromatic nitrogens is 2. The molecule has 1 aromatic heterocycles. The third-order valence-corrected chi connectivity index (χ3v) is 2.85. The van der Waals surface area contributed by atoms with E-state index >= 15 is 0 Å². The number of halogens is 2. The van der Waals surface area contributed by atoms with E-state index in [9.17, 15) is 0 Å². The molecule has 0 amide bonds. The maximum Gasteiger partial charge on any atom is 0.0816 e. The van der Waals surface area contributed by atoms with E-state index in [1.807, 2.05) is 25.1 Å². The molecule has 0 saturated heterocycles. The summed E-state index contributed by atoms with van der Waals surface area (Å²) in [5.74, 6) is 0. The largest absolute Gasteiger partial charge is 0.261 e. The fraction of sp³-hybridized carbons (Fsp3) is 0.0769. The van der Waals surface area contributed by atoms with E-state index in [-0.39, 0.29) is 0 Å². The molecular weight excluding hydrogens is 255 g/mol. The first-order chi connectivity index (χ1) is 8.16. The molecule has 2 rings (SSSR count). The van der Waals surface area contributed by atoms with Crippen LogP contribution in [0.3, 0.4) is 0 Å². The summed E-state index contributed by atoms with van der Waals surface area (Å²) >= 11 is 12.1. The summed E-state index contributed by atoms with van der Waals surface area (Å²) in [6.07, 6.45) is 7.08. The molecule has 0 aliphatic carbocycles. The number of rotatable bonds is 2. The minimum Gasteiger partial charge on any atom is -0.261 e. The quantitative estimate of drug-likeness (QED) is 0.810. The molecule has 0 radical (unpaired) electrons. The smallest absolute Gasteiger partial charge is 0.0816 e. The SMILES string of the molecule is Cc1cncc(/C=C/c2c(Cl)cccc2Cl)n1. The van der Waals surface area contributed by atoms with Gasteiger partial charge in [-0.3, -0.25) is 9.97 Å². The summed E-state index contributed by atoms with van der Waals surface area (Å²) in [6.45, 7) is 1.90. The van der Waals surface area contributed by atoms with Crippen LogP contribution >= 0.6 is 23.2 Å². The maximum atomic E-state index is 6.06. The Labute approximate surface area is 110 Å². The van der Waals surface area contributed by atoms with Gasteiger partial charge < -0.3 is 0 Å². The lowest BCUT2D eigenvalue weighted by Crippen LogP contribution is -1.86. The molecule has 0 N–H and O–H groups in total. The van der Waals surface area contributed by atoms with E-state index in [1.165, 1.54) is 0 Å². The molecule has 4 heteroatoms. The zero-order valence-electron chi connectivity index (χ0n) is 9.19. The minimum absolute atomic E-state index is 0.620. The van der Waals surface area contributed by atoms with Crippen molar-refractivity contribution >= 4 is 35.4 Å². The Kier molecular flexibility index (Phi) is 3.77. The zero-order valence-corrected chi connectivity index (χ0v) is 10.7. The molecule has 0 fully saturated rings. The summed E-state index contributed by atoms with van der Waals surface area (Å²) < 4.78 is 0. The standard InChI is InChI=1S/C13H10Cl2N2/c1-9-7-16-8-10(17-9)5-6-11-12(14)3-2-4-13(11)15/h2-8H,1H3/b6-5+. The van der Waals surface area contributed by atoms with Gasteiger partial charge in [0.15, 0.2) is 0 Å². The first-order valence-electron chi connectivity index (χ1n) is 5.07. The Balaban J connectivity index is 2.32. The molecule has 0 aliphatic rings. The molecule has 1 aromatic carbocycles. The number of benzene rings is 1. The Hall–Kier alpha value is -1.38. The predicted molar refractivity (Wildman–Crippen MR) is 72.2 cm³/mol. The van der Waals surface area contributed by atoms with Crippen LogP contribution in [0.15, 0.2) is 30.6 Å². The van der Waals surface area contributed by atoms with Gasteiger partial charge in [-0.2, -0.15) is 0 Å². The first-order valence-corrected chi connectivity index (χ1v) is 5.83. The van der Waals surface area contributed by atoms with Crippen molar-refractivity contribution < 1.29 is 0 Å². The Morgan fingerprint density at radius 1 is 1.06 bits per heavy atom. The monoisotopic (exact) mass is 264 g/mol. The Morgan fingerprint density at radius 2 is 1.76 bits per heavy atom. The van der Waals surface area contributed by atoms with Gasteiger partial charge in [0.1, 0.15) is 0 Å². The lowest BCUT2D eigenvalue weighted by atomic mass is 10.2. The van der Waals surface area contributed by atoms with E-state index in [0.717, 1.165) is 17.0 Å². The van der Waals surface area contributed by atoms with Crippen LogP contribution in [0.5, 0.6) is 0 Å². The summed E-state index contributed by atoms with van der Waals surface area (Å²) in [6, 6.07) is 5.42. The average molecular weight is 265 g/mol. The Morgan fingerprint density at radius 3 is 2.41 bits per heavy atom. The van der Waals surface area contributed by atoms with Gasteiger partial charge in [0, 0.05) is 21.8 Å². The van der Waals surface area contributed by atoms with Gasteiger partial charge in [-0.15, -0.1) is 0 Å². The van der Waals surface area contributed by atoms with Crippen molar-refractivity contribution in [3.8, 4) is 0 Å². The van der Waals surface area contributed by atoms with E-state index in [1.54, 1.807) is 24.5 Å². The highest BCUT2D eigenvalue weighted by Crippen LogP contribution is 2.25. The van der Waals surface area contributed by atoms with Crippen LogP contribution in [0.4, 0.5) is 0 Å². The van der Waals surface area contributed by atoms with Crippen molar-refractivity contribution in [3.05, 3.63) is 57.6 Å². The van der Waals surface area contributed by atoms with Crippen LogP contribution in [-0.4, -0.2) is 9.97 Å². The van der Waals surface area contributed by atoms with Crippen LogP contribution in [0.1, 0.15) is 17.0 Å². The highest BCUT2D eigenvalue weighted by molar-refractivity contribution is 6.37. The van der Waals surface area contributed by atoms with Crippen molar-refractivity contribution in [1.82, 2.24) is 9.97 Å². The second-order valence-electron chi connectivity index (χ2n) is 3.55. The van der Waals surface area contributed by atoms with Crippen LogP contribution in [0, 0.1) is 6.92 Å². The molecule has 0 bridgehead atoms. The molecule has 86 valence electrons. The van der Waals surface area contributed by atoms with Gasteiger partial charge in [0.2, 0.25) is 0 Å². The van der Waals surface area contributed by atoms with E-state index in [4.69, 9.17) is 23.2 Å². The normalized spacial score (nSPS) is 11.0. The Bertz CT molecular complexity index is 545. The number of aryl methyl sites for hydroxylation is 1. The molecular formula is C13H10Cl2N2. The summed E-state index contributed by atoms with van der Waals surface area (Å²) in [5, 5.41) is 1.24. The number of hydrogen-bond donors (Lipinski definition) is 0. The first kappa shape index (κ1) is 12.1.